The summed E-state index contributed by atoms with van der Waals surface area (Å²) in [5.74, 6) is 0.0546. The Labute approximate surface area is 103 Å². The highest BCUT2D eigenvalue weighted by molar-refractivity contribution is 7.89. The monoisotopic (exact) mass is 275 g/mol. The third-order valence-corrected chi connectivity index (χ3v) is 2.81. The number of nitrogen functional groups attached to an aromatic ring is 1. The SMILES string of the molecule is Nc1cc([N+](=O)[O-])cc(NCCCS(N)(=O)=O)n1. The van der Waals surface area contributed by atoms with E-state index in [1.165, 1.54) is 6.07 Å². The second kappa shape index (κ2) is 5.60. The molecular formula is C8H13N5O4S. The molecule has 9 nitrogen and oxygen atoms in total. The highest BCUT2D eigenvalue weighted by atomic mass is 32.2. The number of hydrogen-bond acceptors (Lipinski definition) is 7. The third kappa shape index (κ3) is 4.93. The molecule has 0 fully saturated rings. The number of aromatic nitrogens is 1. The second-order valence-electron chi connectivity index (χ2n) is 3.54. The van der Waals surface area contributed by atoms with Crippen LogP contribution in [0.4, 0.5) is 17.3 Å². The molecule has 0 aliphatic rings. The number of rotatable bonds is 6. The van der Waals surface area contributed by atoms with E-state index < -0.39 is 14.9 Å². The van der Waals surface area contributed by atoms with Crippen LogP contribution in [0.5, 0.6) is 0 Å². The van der Waals surface area contributed by atoms with E-state index in [4.69, 9.17) is 10.9 Å². The van der Waals surface area contributed by atoms with Gasteiger partial charge in [-0.25, -0.2) is 18.5 Å². The average Bonchev–Trinajstić information content (AvgIpc) is 2.22. The van der Waals surface area contributed by atoms with Crippen LogP contribution in [0.15, 0.2) is 12.1 Å². The Morgan fingerprint density at radius 3 is 2.67 bits per heavy atom. The predicted molar refractivity (Wildman–Crippen MR) is 66.4 cm³/mol. The number of nitro groups is 1. The van der Waals surface area contributed by atoms with E-state index >= 15 is 0 Å². The molecule has 0 saturated carbocycles. The van der Waals surface area contributed by atoms with Crippen molar-refractivity contribution in [3.63, 3.8) is 0 Å². The van der Waals surface area contributed by atoms with Gasteiger partial charge < -0.3 is 11.1 Å². The Balaban J connectivity index is 2.60. The minimum atomic E-state index is -3.50. The fraction of sp³-hybridized carbons (Fsp3) is 0.375. The van der Waals surface area contributed by atoms with Crippen molar-refractivity contribution >= 4 is 27.3 Å². The molecule has 0 saturated heterocycles. The van der Waals surface area contributed by atoms with Crippen molar-refractivity contribution in [2.24, 2.45) is 5.14 Å². The first-order chi connectivity index (χ1) is 8.28. The van der Waals surface area contributed by atoms with Gasteiger partial charge in [-0.2, -0.15) is 0 Å². The summed E-state index contributed by atoms with van der Waals surface area (Å²) in [4.78, 5) is 13.8. The third-order valence-electron chi connectivity index (χ3n) is 1.95. The Morgan fingerprint density at radius 1 is 1.44 bits per heavy atom. The summed E-state index contributed by atoms with van der Waals surface area (Å²) < 4.78 is 21.3. The van der Waals surface area contributed by atoms with E-state index in [1.54, 1.807) is 0 Å². The topological polar surface area (TPSA) is 154 Å². The van der Waals surface area contributed by atoms with Crippen LogP contribution in [0.25, 0.3) is 0 Å². The summed E-state index contributed by atoms with van der Waals surface area (Å²) in [6, 6.07) is 2.35. The molecule has 1 heterocycles. The maximum atomic E-state index is 10.7. The molecular weight excluding hydrogens is 262 g/mol. The van der Waals surface area contributed by atoms with Gasteiger partial charge in [0.1, 0.15) is 11.6 Å². The molecule has 0 radical (unpaired) electrons. The molecule has 0 atom stereocenters. The largest absolute Gasteiger partial charge is 0.383 e. The zero-order valence-electron chi connectivity index (χ0n) is 9.37. The van der Waals surface area contributed by atoms with Crippen molar-refractivity contribution in [3.8, 4) is 0 Å². The molecule has 1 rings (SSSR count). The molecule has 10 heteroatoms. The van der Waals surface area contributed by atoms with Crippen LogP contribution in [-0.2, 0) is 10.0 Å². The molecule has 0 bridgehead atoms. The predicted octanol–water partition coefficient (Wildman–Crippen LogP) is -0.338. The molecule has 0 aromatic carbocycles. The average molecular weight is 275 g/mol. The summed E-state index contributed by atoms with van der Waals surface area (Å²) in [5.41, 5.74) is 5.22. The van der Waals surface area contributed by atoms with Crippen LogP contribution in [0.2, 0.25) is 0 Å². The van der Waals surface area contributed by atoms with E-state index in [2.05, 4.69) is 10.3 Å². The van der Waals surface area contributed by atoms with E-state index in [-0.39, 0.29) is 36.0 Å². The minimum Gasteiger partial charge on any atom is -0.383 e. The van der Waals surface area contributed by atoms with Gasteiger partial charge >= 0.3 is 0 Å². The summed E-state index contributed by atoms with van der Waals surface area (Å²) in [6.07, 6.45) is 0.267. The second-order valence-corrected chi connectivity index (χ2v) is 5.27. The lowest BCUT2D eigenvalue weighted by atomic mass is 10.3. The Kier molecular flexibility index (Phi) is 4.39. The highest BCUT2D eigenvalue weighted by Gasteiger charge is 2.09. The Hall–Kier alpha value is -1.94. The van der Waals surface area contributed by atoms with Gasteiger partial charge in [-0.05, 0) is 6.42 Å². The van der Waals surface area contributed by atoms with Crippen LogP contribution in [0.3, 0.4) is 0 Å². The summed E-state index contributed by atoms with van der Waals surface area (Å²) in [7, 11) is -3.50. The highest BCUT2D eigenvalue weighted by Crippen LogP contribution is 2.18. The number of anilines is 2. The first-order valence-corrected chi connectivity index (χ1v) is 6.66. The normalized spacial score (nSPS) is 11.2. The number of pyridine rings is 1. The van der Waals surface area contributed by atoms with Gasteiger partial charge in [-0.15, -0.1) is 0 Å². The lowest BCUT2D eigenvalue weighted by molar-refractivity contribution is -0.384. The van der Waals surface area contributed by atoms with Gasteiger partial charge in [-0.1, -0.05) is 0 Å². The van der Waals surface area contributed by atoms with Crippen molar-refractivity contribution in [1.29, 1.82) is 0 Å². The molecule has 0 amide bonds. The van der Waals surface area contributed by atoms with Gasteiger partial charge in [0, 0.05) is 6.54 Å². The molecule has 18 heavy (non-hydrogen) atoms. The number of nitrogens with one attached hydrogen (secondary N) is 1. The number of hydrogen-bond donors (Lipinski definition) is 3. The summed E-state index contributed by atoms with van der Waals surface area (Å²) in [6.45, 7) is 0.268. The smallest absolute Gasteiger partial charge is 0.276 e. The van der Waals surface area contributed by atoms with Crippen LogP contribution in [0, 0.1) is 10.1 Å². The first kappa shape index (κ1) is 14.1. The molecule has 1 aromatic heterocycles. The zero-order chi connectivity index (χ0) is 13.8. The lowest BCUT2D eigenvalue weighted by Gasteiger charge is -2.05. The molecule has 0 aliphatic heterocycles. The Bertz CT molecular complexity index is 544. The quantitative estimate of drug-likeness (QED) is 0.364. The molecule has 100 valence electrons. The molecule has 0 spiro atoms. The number of nitrogens with zero attached hydrogens (tertiary/aromatic N) is 2. The summed E-state index contributed by atoms with van der Waals surface area (Å²) in [5, 5.41) is 18.1. The van der Waals surface area contributed by atoms with Crippen molar-refractivity contribution in [2.75, 3.05) is 23.3 Å². The van der Waals surface area contributed by atoms with Gasteiger partial charge in [0.2, 0.25) is 10.0 Å². The van der Waals surface area contributed by atoms with Crippen molar-refractivity contribution in [1.82, 2.24) is 4.98 Å². The van der Waals surface area contributed by atoms with Gasteiger partial charge in [0.25, 0.3) is 5.69 Å². The van der Waals surface area contributed by atoms with Crippen molar-refractivity contribution < 1.29 is 13.3 Å². The van der Waals surface area contributed by atoms with Gasteiger partial charge in [0.05, 0.1) is 22.8 Å². The van der Waals surface area contributed by atoms with E-state index in [1.807, 2.05) is 0 Å². The fourth-order valence-corrected chi connectivity index (χ4v) is 1.77. The maximum Gasteiger partial charge on any atom is 0.276 e. The number of primary sulfonamides is 1. The Morgan fingerprint density at radius 2 is 2.11 bits per heavy atom. The van der Waals surface area contributed by atoms with E-state index in [9.17, 15) is 18.5 Å². The molecule has 0 aliphatic carbocycles. The molecule has 0 unspecified atom stereocenters. The molecule has 5 N–H and O–H groups in total. The van der Waals surface area contributed by atoms with Gasteiger partial charge in [-0.3, -0.25) is 10.1 Å². The van der Waals surface area contributed by atoms with E-state index in [0.717, 1.165) is 6.07 Å². The van der Waals surface area contributed by atoms with Crippen molar-refractivity contribution in [3.05, 3.63) is 22.2 Å². The fourth-order valence-electron chi connectivity index (χ4n) is 1.22. The zero-order valence-corrected chi connectivity index (χ0v) is 10.2. The lowest BCUT2D eigenvalue weighted by Crippen LogP contribution is -2.19. The van der Waals surface area contributed by atoms with Crippen LogP contribution in [-0.4, -0.2) is 30.6 Å². The van der Waals surface area contributed by atoms with Crippen LogP contribution < -0.4 is 16.2 Å². The minimum absolute atomic E-state index is 0.0122. The first-order valence-electron chi connectivity index (χ1n) is 4.94. The number of nitrogens with two attached hydrogens (primary N) is 2. The molecule has 1 aromatic rings. The summed E-state index contributed by atoms with van der Waals surface area (Å²) >= 11 is 0. The standard InChI is InChI=1S/C8H13N5O4S/c9-7-4-6(13(14)15)5-8(12-7)11-2-1-3-18(10,16)17/h4-5H,1-3H2,(H3,9,11,12)(H2,10,16,17). The van der Waals surface area contributed by atoms with Crippen molar-refractivity contribution in [2.45, 2.75) is 6.42 Å². The maximum absolute atomic E-state index is 10.7. The number of sulfonamides is 1. The van der Waals surface area contributed by atoms with E-state index in [0.29, 0.717) is 0 Å². The van der Waals surface area contributed by atoms with Crippen LogP contribution in [0.1, 0.15) is 6.42 Å². The van der Waals surface area contributed by atoms with Gasteiger partial charge in [0.15, 0.2) is 0 Å². The van der Waals surface area contributed by atoms with Crippen LogP contribution >= 0.6 is 0 Å².